The van der Waals surface area contributed by atoms with Crippen molar-refractivity contribution in [3.05, 3.63) is 53.6 Å². The molecule has 1 atom stereocenters. The lowest BCUT2D eigenvalue weighted by Gasteiger charge is -2.26. The first kappa shape index (κ1) is 28.7. The highest BCUT2D eigenvalue weighted by Gasteiger charge is 2.29. The number of sulfonamides is 1. The molecule has 0 N–H and O–H groups in total. The summed E-state index contributed by atoms with van der Waals surface area (Å²) >= 11 is 1.50. The maximum Gasteiger partial charge on any atom is 0.260 e. The van der Waals surface area contributed by atoms with Gasteiger partial charge in [0.05, 0.1) is 27.8 Å². The molecule has 1 aliphatic rings. The highest BCUT2D eigenvalue weighted by atomic mass is 32.2. The first-order valence-corrected chi connectivity index (χ1v) is 15.8. The molecule has 1 saturated heterocycles. The van der Waals surface area contributed by atoms with Gasteiger partial charge < -0.3 is 4.74 Å². The number of fused-ring (bicyclic) bond motifs is 1. The maximum absolute atomic E-state index is 13.8. The molecular weight excluding hydrogens is 518 g/mol. The van der Waals surface area contributed by atoms with E-state index >= 15 is 0 Å². The van der Waals surface area contributed by atoms with Gasteiger partial charge in [-0.15, -0.1) is 0 Å². The third kappa shape index (κ3) is 6.45. The number of carbonyl (C=O) groups excluding carboxylic acids is 1. The number of ether oxygens (including phenoxy) is 1. The van der Waals surface area contributed by atoms with Crippen molar-refractivity contribution in [3.63, 3.8) is 0 Å². The number of benzene rings is 2. The van der Waals surface area contributed by atoms with Gasteiger partial charge in [-0.05, 0) is 67.0 Å². The second kappa shape index (κ2) is 12.2. The lowest BCUT2D eigenvalue weighted by atomic mass is 10.1. The van der Waals surface area contributed by atoms with Crippen molar-refractivity contribution in [2.45, 2.75) is 64.9 Å². The minimum Gasteiger partial charge on any atom is -0.376 e. The van der Waals surface area contributed by atoms with Crippen LogP contribution in [0.3, 0.4) is 0 Å². The summed E-state index contributed by atoms with van der Waals surface area (Å²) in [6.07, 6.45) is 2.69. The van der Waals surface area contributed by atoms with Crippen molar-refractivity contribution < 1.29 is 17.9 Å². The molecule has 1 unspecified atom stereocenters. The Morgan fingerprint density at radius 2 is 1.76 bits per heavy atom. The third-order valence-corrected chi connectivity index (χ3v) is 9.52. The van der Waals surface area contributed by atoms with Crippen LogP contribution in [0, 0.1) is 11.8 Å². The highest BCUT2D eigenvalue weighted by Crippen LogP contribution is 2.33. The van der Waals surface area contributed by atoms with Gasteiger partial charge in [-0.1, -0.05) is 58.1 Å². The van der Waals surface area contributed by atoms with Gasteiger partial charge in [0.25, 0.3) is 5.91 Å². The smallest absolute Gasteiger partial charge is 0.260 e. The Hall–Kier alpha value is -2.33. The summed E-state index contributed by atoms with van der Waals surface area (Å²) in [4.78, 5) is 20.6. The van der Waals surface area contributed by atoms with E-state index in [1.807, 2.05) is 39.8 Å². The number of carbonyl (C=O) groups is 1. The van der Waals surface area contributed by atoms with Crippen molar-refractivity contribution >= 4 is 42.6 Å². The van der Waals surface area contributed by atoms with Gasteiger partial charge in [0.15, 0.2) is 5.13 Å². The van der Waals surface area contributed by atoms with Gasteiger partial charge in [0.2, 0.25) is 10.0 Å². The van der Waals surface area contributed by atoms with E-state index in [1.165, 1.54) is 11.3 Å². The molecule has 9 heteroatoms. The van der Waals surface area contributed by atoms with Gasteiger partial charge in [-0.2, -0.15) is 4.31 Å². The van der Waals surface area contributed by atoms with E-state index in [0.29, 0.717) is 36.9 Å². The van der Waals surface area contributed by atoms with E-state index in [4.69, 9.17) is 9.72 Å². The van der Waals surface area contributed by atoms with Gasteiger partial charge in [0, 0.05) is 25.3 Å². The van der Waals surface area contributed by atoms with Crippen LogP contribution in [0.25, 0.3) is 10.2 Å². The molecule has 2 heterocycles. The standard InChI is InChI=1S/C29H39N3O4S2/c1-6-22-9-7-11-26-27(22)30-29(37-26)32(19-24-10-8-16-36-24)28(33)23-12-14-25(15-13-23)38(34,35)31(17-20(2)3)18-21(4)5/h7,9,11-15,20-21,24H,6,8,10,16-19H2,1-5H3. The van der Waals surface area contributed by atoms with E-state index in [0.717, 1.165) is 35.0 Å². The number of hydrogen-bond acceptors (Lipinski definition) is 6. The number of aromatic nitrogens is 1. The monoisotopic (exact) mass is 557 g/mol. The van der Waals surface area contributed by atoms with E-state index in [2.05, 4.69) is 13.0 Å². The zero-order chi connectivity index (χ0) is 27.4. The minimum absolute atomic E-state index is 0.0446. The summed E-state index contributed by atoms with van der Waals surface area (Å²) in [5.41, 5.74) is 2.50. The molecule has 3 aromatic rings. The molecule has 1 aliphatic heterocycles. The molecule has 2 aromatic carbocycles. The molecule has 38 heavy (non-hydrogen) atoms. The summed E-state index contributed by atoms with van der Waals surface area (Å²) in [6.45, 7) is 12.2. The Morgan fingerprint density at radius 3 is 2.34 bits per heavy atom. The van der Waals surface area contributed by atoms with Crippen molar-refractivity contribution in [2.24, 2.45) is 11.8 Å². The number of amides is 1. The Morgan fingerprint density at radius 1 is 1.08 bits per heavy atom. The van der Waals surface area contributed by atoms with Crippen LogP contribution in [-0.4, -0.2) is 56.0 Å². The van der Waals surface area contributed by atoms with Crippen molar-refractivity contribution in [3.8, 4) is 0 Å². The summed E-state index contributed by atoms with van der Waals surface area (Å²) in [5.74, 6) is 0.207. The predicted octanol–water partition coefficient (Wildman–Crippen LogP) is 5.99. The molecule has 0 radical (unpaired) electrons. The van der Waals surface area contributed by atoms with Gasteiger partial charge in [-0.3, -0.25) is 9.69 Å². The van der Waals surface area contributed by atoms with Crippen LogP contribution >= 0.6 is 11.3 Å². The molecule has 206 valence electrons. The van der Waals surface area contributed by atoms with Crippen LogP contribution in [0.2, 0.25) is 0 Å². The zero-order valence-electron chi connectivity index (χ0n) is 23.0. The molecule has 1 amide bonds. The van der Waals surface area contributed by atoms with Crippen LogP contribution < -0.4 is 4.90 Å². The van der Waals surface area contributed by atoms with Gasteiger partial charge in [0.1, 0.15) is 0 Å². The largest absolute Gasteiger partial charge is 0.376 e. The molecule has 1 aromatic heterocycles. The van der Waals surface area contributed by atoms with Crippen molar-refractivity contribution in [1.82, 2.24) is 9.29 Å². The summed E-state index contributed by atoms with van der Waals surface area (Å²) in [5, 5.41) is 0.637. The quantitative estimate of drug-likeness (QED) is 0.289. The van der Waals surface area contributed by atoms with E-state index < -0.39 is 10.0 Å². The molecule has 4 rings (SSSR count). The van der Waals surface area contributed by atoms with E-state index in [1.54, 1.807) is 33.5 Å². The Balaban J connectivity index is 1.65. The first-order chi connectivity index (χ1) is 18.1. The fraction of sp³-hybridized carbons (Fsp3) is 0.517. The molecule has 0 saturated carbocycles. The van der Waals surface area contributed by atoms with Crippen LogP contribution in [0.15, 0.2) is 47.4 Å². The predicted molar refractivity (Wildman–Crippen MR) is 155 cm³/mol. The number of rotatable bonds is 11. The van der Waals surface area contributed by atoms with Gasteiger partial charge in [-0.25, -0.2) is 13.4 Å². The molecule has 0 aliphatic carbocycles. The second-order valence-electron chi connectivity index (χ2n) is 10.8. The first-order valence-electron chi connectivity index (χ1n) is 13.5. The summed E-state index contributed by atoms with van der Waals surface area (Å²) in [7, 11) is -3.67. The number of nitrogens with zero attached hydrogens (tertiary/aromatic N) is 3. The van der Waals surface area contributed by atoms with E-state index in [-0.39, 0.29) is 28.7 Å². The SMILES string of the molecule is CCc1cccc2sc(N(CC3CCCO3)C(=O)c3ccc(S(=O)(=O)N(CC(C)C)CC(C)C)cc3)nc12. The van der Waals surface area contributed by atoms with Crippen LogP contribution in [0.5, 0.6) is 0 Å². The molecule has 0 spiro atoms. The molecule has 7 nitrogen and oxygen atoms in total. The lowest BCUT2D eigenvalue weighted by Crippen LogP contribution is -2.38. The highest BCUT2D eigenvalue weighted by molar-refractivity contribution is 7.89. The number of aryl methyl sites for hydroxylation is 1. The van der Waals surface area contributed by atoms with Crippen LogP contribution in [-0.2, 0) is 21.2 Å². The van der Waals surface area contributed by atoms with Crippen LogP contribution in [0.1, 0.15) is 63.4 Å². The fourth-order valence-corrected chi connectivity index (χ4v) is 7.58. The van der Waals surface area contributed by atoms with E-state index in [9.17, 15) is 13.2 Å². The Kier molecular flexibility index (Phi) is 9.23. The topological polar surface area (TPSA) is 79.8 Å². The number of hydrogen-bond donors (Lipinski definition) is 0. The second-order valence-corrected chi connectivity index (χ2v) is 13.7. The number of para-hydroxylation sites is 1. The average Bonchev–Trinajstić information content (AvgIpc) is 3.55. The molecule has 0 bridgehead atoms. The fourth-order valence-electron chi connectivity index (χ4n) is 4.79. The maximum atomic E-state index is 13.8. The normalized spacial score (nSPS) is 16.3. The van der Waals surface area contributed by atoms with Crippen molar-refractivity contribution in [1.29, 1.82) is 0 Å². The average molecular weight is 558 g/mol. The lowest BCUT2D eigenvalue weighted by molar-refractivity contribution is 0.0917. The number of anilines is 1. The van der Waals surface area contributed by atoms with Gasteiger partial charge >= 0.3 is 0 Å². The number of thiazole rings is 1. The zero-order valence-corrected chi connectivity index (χ0v) is 24.6. The third-order valence-electron chi connectivity index (χ3n) is 6.64. The molecule has 1 fully saturated rings. The minimum atomic E-state index is -3.67. The Labute approximate surface area is 230 Å². The Bertz CT molecular complexity index is 1330. The molecular formula is C29H39N3O4S2. The van der Waals surface area contributed by atoms with Crippen molar-refractivity contribution in [2.75, 3.05) is 31.1 Å². The van der Waals surface area contributed by atoms with Crippen LogP contribution in [0.4, 0.5) is 5.13 Å². The summed E-state index contributed by atoms with van der Waals surface area (Å²) < 4.78 is 35.3. The summed E-state index contributed by atoms with van der Waals surface area (Å²) in [6, 6.07) is 12.5.